The number of pyridine rings is 1. The quantitative estimate of drug-likeness (QED) is 0.717. The predicted molar refractivity (Wildman–Crippen MR) is 105 cm³/mol. The van der Waals surface area contributed by atoms with Gasteiger partial charge in [-0.25, -0.2) is 9.58 Å². The van der Waals surface area contributed by atoms with Crippen LogP contribution < -0.4 is 9.30 Å². The van der Waals surface area contributed by atoms with E-state index in [1.54, 1.807) is 6.92 Å². The maximum atomic E-state index is 11.8. The number of ether oxygens (including phenoxy) is 1. The van der Waals surface area contributed by atoms with Crippen molar-refractivity contribution in [1.29, 1.82) is 0 Å². The summed E-state index contributed by atoms with van der Waals surface area (Å²) in [6, 6.07) is 12.7. The molecule has 28 heavy (non-hydrogen) atoms. The van der Waals surface area contributed by atoms with Crippen LogP contribution in [0.3, 0.4) is 0 Å². The van der Waals surface area contributed by atoms with Crippen molar-refractivity contribution < 1.29 is 14.1 Å². The maximum absolute atomic E-state index is 11.8. The summed E-state index contributed by atoms with van der Waals surface area (Å²) in [7, 11) is 2.02. The Morgan fingerprint density at radius 2 is 1.89 bits per heavy atom. The molecule has 6 nitrogen and oxygen atoms in total. The standard InChI is InChI=1S/C22H25N4O2/c1-16(27)25-13-9-22(10-14-25)26-20(18-5-3-4-6-21(18)28-22)15-19(23-26)17-7-11-24(2)12-8-17/h3-8,11-12,20H,9-10,13-15H2,1-2H3/q+1/t20-/m1/s1. The van der Waals surface area contributed by atoms with E-state index in [1.807, 2.05) is 22.6 Å². The van der Waals surface area contributed by atoms with Gasteiger partial charge in [-0.3, -0.25) is 4.79 Å². The summed E-state index contributed by atoms with van der Waals surface area (Å²) in [6.45, 7) is 3.04. The van der Waals surface area contributed by atoms with Crippen LogP contribution in [0.25, 0.3) is 0 Å². The molecule has 1 atom stereocenters. The number of hydrogen-bond donors (Lipinski definition) is 0. The molecule has 1 fully saturated rings. The summed E-state index contributed by atoms with van der Waals surface area (Å²) in [6.07, 6.45) is 6.50. The predicted octanol–water partition coefficient (Wildman–Crippen LogP) is 2.39. The normalized spacial score (nSPS) is 22.4. The number of aromatic nitrogens is 1. The van der Waals surface area contributed by atoms with Gasteiger partial charge in [0.1, 0.15) is 12.8 Å². The van der Waals surface area contributed by atoms with Gasteiger partial charge >= 0.3 is 0 Å². The molecule has 3 aliphatic heterocycles. The lowest BCUT2D eigenvalue weighted by Crippen LogP contribution is -2.59. The molecule has 4 heterocycles. The maximum Gasteiger partial charge on any atom is 0.219 e. The summed E-state index contributed by atoms with van der Waals surface area (Å²) >= 11 is 0. The number of fused-ring (bicyclic) bond motifs is 4. The second-order valence-corrected chi connectivity index (χ2v) is 7.96. The SMILES string of the molecule is CC(=O)N1CCC2(CC1)Oc1ccccc1[C@H]1CC(c3cc[n+](C)cc3)=NN12. The number of piperidine rings is 1. The highest BCUT2D eigenvalue weighted by molar-refractivity contribution is 6.01. The average Bonchev–Trinajstić information content (AvgIpc) is 3.16. The monoisotopic (exact) mass is 377 g/mol. The van der Waals surface area contributed by atoms with Gasteiger partial charge in [0, 0.05) is 62.5 Å². The fourth-order valence-corrected chi connectivity index (χ4v) is 4.60. The molecule has 0 bridgehead atoms. The van der Waals surface area contributed by atoms with Crippen molar-refractivity contribution >= 4 is 11.6 Å². The van der Waals surface area contributed by atoms with Crippen LogP contribution in [0.2, 0.25) is 0 Å². The molecule has 1 aromatic heterocycles. The minimum Gasteiger partial charge on any atom is -0.466 e. The number of rotatable bonds is 1. The van der Waals surface area contributed by atoms with E-state index in [9.17, 15) is 4.79 Å². The summed E-state index contributed by atoms with van der Waals surface area (Å²) < 4.78 is 8.61. The van der Waals surface area contributed by atoms with Gasteiger partial charge in [-0.15, -0.1) is 0 Å². The average molecular weight is 377 g/mol. The van der Waals surface area contributed by atoms with E-state index in [0.29, 0.717) is 13.1 Å². The van der Waals surface area contributed by atoms with Gasteiger partial charge in [0.15, 0.2) is 12.4 Å². The second kappa shape index (κ2) is 6.33. The Hall–Kier alpha value is -2.89. The van der Waals surface area contributed by atoms with Gasteiger partial charge in [-0.05, 0) is 6.07 Å². The molecule has 6 heteroatoms. The Morgan fingerprint density at radius 1 is 1.18 bits per heavy atom. The number of para-hydroxylation sites is 1. The van der Waals surface area contributed by atoms with E-state index in [-0.39, 0.29) is 11.9 Å². The van der Waals surface area contributed by atoms with E-state index < -0.39 is 5.72 Å². The first-order chi connectivity index (χ1) is 13.6. The number of aryl methyl sites for hydroxylation is 1. The minimum absolute atomic E-state index is 0.130. The fourth-order valence-electron chi connectivity index (χ4n) is 4.60. The zero-order valence-corrected chi connectivity index (χ0v) is 16.3. The van der Waals surface area contributed by atoms with Gasteiger partial charge < -0.3 is 9.64 Å². The van der Waals surface area contributed by atoms with Crippen molar-refractivity contribution in [2.75, 3.05) is 13.1 Å². The number of carbonyl (C=O) groups is 1. The summed E-state index contributed by atoms with van der Waals surface area (Å²) in [4.78, 5) is 13.7. The first-order valence-electron chi connectivity index (χ1n) is 9.92. The lowest BCUT2D eigenvalue weighted by atomic mass is 9.91. The number of nitrogens with zero attached hydrogens (tertiary/aromatic N) is 4. The zero-order chi connectivity index (χ0) is 19.3. The third kappa shape index (κ3) is 2.66. The van der Waals surface area contributed by atoms with E-state index in [2.05, 4.69) is 47.7 Å². The molecule has 3 aliphatic rings. The van der Waals surface area contributed by atoms with Gasteiger partial charge in [-0.1, -0.05) is 18.2 Å². The summed E-state index contributed by atoms with van der Waals surface area (Å²) in [5.41, 5.74) is 2.97. The van der Waals surface area contributed by atoms with Crippen LogP contribution in [0.1, 0.15) is 43.4 Å². The molecule has 1 aromatic carbocycles. The van der Waals surface area contributed by atoms with E-state index in [1.165, 1.54) is 5.56 Å². The molecule has 144 valence electrons. The molecule has 0 radical (unpaired) electrons. The van der Waals surface area contributed by atoms with Crippen molar-refractivity contribution in [3.8, 4) is 5.75 Å². The lowest BCUT2D eigenvalue weighted by molar-refractivity contribution is -0.671. The van der Waals surface area contributed by atoms with E-state index in [0.717, 1.165) is 36.3 Å². The summed E-state index contributed by atoms with van der Waals surface area (Å²) in [5.74, 6) is 1.08. The Kier molecular flexibility index (Phi) is 3.89. The highest BCUT2D eigenvalue weighted by Crippen LogP contribution is 2.49. The molecule has 1 saturated heterocycles. The summed E-state index contributed by atoms with van der Waals surface area (Å²) in [5, 5.41) is 7.26. The van der Waals surface area contributed by atoms with Gasteiger partial charge in [0.05, 0.1) is 11.8 Å². The number of likely N-dealkylation sites (tertiary alicyclic amines) is 1. The van der Waals surface area contributed by atoms with Crippen LogP contribution in [0.4, 0.5) is 0 Å². The molecule has 0 unspecified atom stereocenters. The van der Waals surface area contributed by atoms with Crippen LogP contribution in [0.5, 0.6) is 5.75 Å². The molecular weight excluding hydrogens is 352 g/mol. The van der Waals surface area contributed by atoms with E-state index in [4.69, 9.17) is 9.84 Å². The number of hydrazone groups is 1. The lowest BCUT2D eigenvalue weighted by Gasteiger charge is -2.51. The zero-order valence-electron chi connectivity index (χ0n) is 16.3. The Bertz CT molecular complexity index is 945. The van der Waals surface area contributed by atoms with Crippen molar-refractivity contribution in [3.05, 3.63) is 59.9 Å². The van der Waals surface area contributed by atoms with Gasteiger partial charge in [0.25, 0.3) is 0 Å². The Labute approximate surface area is 165 Å². The molecule has 1 spiro atoms. The molecule has 0 N–H and O–H groups in total. The van der Waals surface area contributed by atoms with Crippen molar-refractivity contribution in [2.45, 2.75) is 38.0 Å². The number of hydrogen-bond acceptors (Lipinski definition) is 4. The first-order valence-corrected chi connectivity index (χ1v) is 9.92. The van der Waals surface area contributed by atoms with Crippen molar-refractivity contribution in [1.82, 2.24) is 9.91 Å². The van der Waals surface area contributed by atoms with Crippen LogP contribution in [0.15, 0.2) is 53.9 Å². The van der Waals surface area contributed by atoms with Crippen LogP contribution in [-0.2, 0) is 11.8 Å². The molecule has 2 aromatic rings. The fraction of sp³-hybridized carbons (Fsp3) is 0.409. The second-order valence-electron chi connectivity index (χ2n) is 7.96. The highest BCUT2D eigenvalue weighted by atomic mass is 16.5. The molecule has 5 rings (SSSR count). The third-order valence-electron chi connectivity index (χ3n) is 6.21. The number of benzene rings is 1. The van der Waals surface area contributed by atoms with Crippen LogP contribution in [0, 0.1) is 0 Å². The first kappa shape index (κ1) is 17.2. The number of carbonyl (C=O) groups excluding carboxylic acids is 1. The molecule has 0 saturated carbocycles. The third-order valence-corrected chi connectivity index (χ3v) is 6.21. The Balaban J connectivity index is 1.53. The smallest absolute Gasteiger partial charge is 0.219 e. The molecule has 0 aliphatic carbocycles. The van der Waals surface area contributed by atoms with Gasteiger partial charge in [-0.2, -0.15) is 5.10 Å². The molecular formula is C22H25N4O2+. The minimum atomic E-state index is -0.480. The van der Waals surface area contributed by atoms with Crippen molar-refractivity contribution in [3.63, 3.8) is 0 Å². The van der Waals surface area contributed by atoms with Crippen molar-refractivity contribution in [2.24, 2.45) is 12.1 Å². The van der Waals surface area contributed by atoms with Crippen LogP contribution in [-0.4, -0.2) is 40.3 Å². The highest BCUT2D eigenvalue weighted by Gasteiger charge is 2.52. The Morgan fingerprint density at radius 3 is 2.61 bits per heavy atom. The van der Waals surface area contributed by atoms with E-state index >= 15 is 0 Å². The largest absolute Gasteiger partial charge is 0.466 e. The molecule has 1 amide bonds. The van der Waals surface area contributed by atoms with Gasteiger partial charge in [0.2, 0.25) is 11.6 Å². The van der Waals surface area contributed by atoms with Crippen LogP contribution >= 0.6 is 0 Å². The topological polar surface area (TPSA) is 49.0 Å². The number of amides is 1.